The van der Waals surface area contributed by atoms with Crippen molar-refractivity contribution in [1.82, 2.24) is 0 Å². The van der Waals surface area contributed by atoms with Gasteiger partial charge in [0.2, 0.25) is 0 Å². The van der Waals surface area contributed by atoms with E-state index >= 15 is 0 Å². The number of aliphatic hydroxyl groups is 22. The lowest BCUT2D eigenvalue weighted by atomic mass is 9.72. The van der Waals surface area contributed by atoms with E-state index in [0.717, 1.165) is 0 Å². The summed E-state index contributed by atoms with van der Waals surface area (Å²) in [5.74, 6) is -8.59. The second-order valence-electron chi connectivity index (χ2n) is 31.2. The molecule has 11 aliphatic rings. The number of carboxylic acids is 1. The number of carboxylic acid groups (broad SMARTS) is 1. The monoisotopic (exact) mass is 1590 g/mol. The molecule has 0 aromatic carbocycles. The molecule has 11 fully saturated rings. The predicted octanol–water partition coefficient (Wildman–Crippen LogP) is -9.91. The molecular formula is C69H109O41+. The molecule has 6 aliphatic heterocycles. The quantitative estimate of drug-likeness (QED) is 0.0175. The SMILES string of the molecule is O=C(O)CC(=O)OC[C@H]1O[C@@H](OC2CC3C(O)CC(O[C@@H]4O[C@H](COC(=O)C5CCC(O[C@@H]6O[C@H](COC(=O)C7CCC(O[C@@H]8O[C@H](CO)[C@@H](O)[C@H](O)[C@H]8O)CC7)[C@@H](O)[C@H](O)[C@H]6O)CC5)[C@@H](O)[C@H](O)[C@H]4O[C@@H]4O[C@H](COC(=O)C5CCC(O)CC5)[C@@H](O)[C@H](O)[C@H]4O)CC3[OH+]C2C2CC(O)C(O)C(O)C2)[C@H](O)[C@@H](O)[C@@H]1O. The van der Waals surface area contributed by atoms with Crippen LogP contribution in [0.2, 0.25) is 0 Å². The average molecular weight is 1590 g/mol. The number of ether oxygens (including phenoxy) is 15. The first-order valence-electron chi connectivity index (χ1n) is 37.9. The molecule has 0 radical (unpaired) electrons. The van der Waals surface area contributed by atoms with Crippen LogP contribution in [-0.4, -0.2) is 396 Å². The largest absolute Gasteiger partial charge is 0.481 e. The van der Waals surface area contributed by atoms with Crippen molar-refractivity contribution in [2.75, 3.05) is 33.0 Å². The molecule has 0 spiro atoms. The van der Waals surface area contributed by atoms with E-state index in [-0.39, 0.29) is 70.6 Å². The Hall–Kier alpha value is -3.89. The summed E-state index contributed by atoms with van der Waals surface area (Å²) in [7, 11) is 0. The summed E-state index contributed by atoms with van der Waals surface area (Å²) >= 11 is 0. The number of esters is 4. The Bertz CT molecular complexity index is 2940. The maximum atomic E-state index is 14.0. The number of hydrogen-bond acceptors (Lipinski definition) is 39. The molecule has 41 nitrogen and oxygen atoms in total. The third kappa shape index (κ3) is 20.5. The number of rotatable bonds is 25. The zero-order valence-corrected chi connectivity index (χ0v) is 60.0. The topological polar surface area (TPSA) is 652 Å². The van der Waals surface area contributed by atoms with Gasteiger partial charge in [-0.1, -0.05) is 0 Å². The van der Waals surface area contributed by atoms with E-state index in [0.29, 0.717) is 38.5 Å². The highest BCUT2D eigenvalue weighted by Crippen LogP contribution is 2.45. The van der Waals surface area contributed by atoms with Crippen LogP contribution in [0.5, 0.6) is 0 Å². The molecule has 110 heavy (non-hydrogen) atoms. The summed E-state index contributed by atoms with van der Waals surface area (Å²) in [5.41, 5.74) is 0. The molecule has 8 unspecified atom stereocenters. The molecule has 5 saturated carbocycles. The molecule has 6 saturated heterocycles. The summed E-state index contributed by atoms with van der Waals surface area (Å²) in [5, 5.41) is 227. The van der Waals surface area contributed by atoms with Gasteiger partial charge in [0.05, 0.1) is 73.0 Å². The lowest BCUT2D eigenvalue weighted by Crippen LogP contribution is -2.65. The zero-order valence-electron chi connectivity index (χ0n) is 60.0. The number of hydrogen-bond donors (Lipinski definition) is 21. The summed E-state index contributed by atoms with van der Waals surface area (Å²) < 4.78 is 87.0. The first-order valence-corrected chi connectivity index (χ1v) is 37.9. The summed E-state index contributed by atoms with van der Waals surface area (Å²) in [6, 6.07) is 0. The van der Waals surface area contributed by atoms with Gasteiger partial charge in [-0.25, -0.2) is 0 Å². The summed E-state index contributed by atoms with van der Waals surface area (Å²) in [6.07, 6.45) is -55.2. The molecule has 0 bridgehead atoms. The Kier molecular flexibility index (Phi) is 30.4. The maximum absolute atomic E-state index is 14.0. The van der Waals surface area contributed by atoms with Crippen LogP contribution in [0, 0.1) is 29.6 Å². The average Bonchev–Trinajstić information content (AvgIpc) is 0.755. The van der Waals surface area contributed by atoms with Gasteiger partial charge in [0.1, 0.15) is 167 Å². The van der Waals surface area contributed by atoms with Gasteiger partial charge in [-0.3, -0.25) is 24.0 Å². The highest BCUT2D eigenvalue weighted by molar-refractivity contribution is 5.90. The first-order chi connectivity index (χ1) is 52.3. The standard InChI is InChI=1S/C69H108O41/c70-19-38-46(79)51(84)56(89)65(105-38)100-29-9-3-25(4-10-29)63(94)98-21-40-48(81)52(85)57(90)66(106-40)101-30-11-5-26(6-12-30)64(95)99-23-42-50(83)55(88)61(110-68-59(92)54(87)49(82)41(108-68)22-97-62(93)24-1-7-28(71)8-2-24)69(109-42)102-31-15-33(72)32-17-37(60(103-36(32)16-31)27-13-34(73)45(78)35(74)14-27)104-67-58(91)53(86)47(80)39(107-67)20-96-44(77)18-43(75)76/h24-42,45-61,65-74,78-92H,1-23H2,(H,75,76)/p+1/t24?,25?,26?,27?,28?,29?,30?,31?,32?,33?,34?,35?,36?,37?,38-,39-,40-,41-,42-,45?,46-,47-,48-,49-,50-,51+,52+,53+,54+,55+,56-,57-,58-,59-,60?,61-,65-,66-,67-,68+,69-/m1/s1. The second-order valence-corrected chi connectivity index (χ2v) is 31.2. The van der Waals surface area contributed by atoms with Crippen LogP contribution in [0.15, 0.2) is 0 Å². The van der Waals surface area contributed by atoms with Crippen LogP contribution in [-0.2, 0) is 90.3 Å². The fraction of sp³-hybridized carbons (Fsp3) is 0.928. The van der Waals surface area contributed by atoms with Crippen molar-refractivity contribution in [1.29, 1.82) is 0 Å². The lowest BCUT2D eigenvalue weighted by Gasteiger charge is -2.50. The van der Waals surface area contributed by atoms with Gasteiger partial charge in [0, 0.05) is 18.8 Å². The van der Waals surface area contributed by atoms with Gasteiger partial charge in [-0.05, 0) is 96.3 Å². The molecule has 0 aromatic heterocycles. The van der Waals surface area contributed by atoms with Crippen molar-refractivity contribution < 1.29 is 202 Å². The Morgan fingerprint density at radius 3 is 1.15 bits per heavy atom. The van der Waals surface area contributed by atoms with Gasteiger partial charge in [0.15, 0.2) is 43.7 Å². The van der Waals surface area contributed by atoms with Crippen molar-refractivity contribution >= 4 is 29.8 Å². The van der Waals surface area contributed by atoms with E-state index in [1.54, 1.807) is 0 Å². The molecule has 0 aromatic rings. The Morgan fingerprint density at radius 1 is 0.345 bits per heavy atom. The third-order valence-corrected chi connectivity index (χ3v) is 23.6. The molecule has 5 aliphatic carbocycles. The minimum atomic E-state index is -2.11. The van der Waals surface area contributed by atoms with Crippen molar-refractivity contribution in [3.63, 3.8) is 0 Å². The van der Waals surface area contributed by atoms with E-state index in [4.69, 9.17) is 76.2 Å². The Balaban J connectivity index is 0.725. The Labute approximate surface area is 629 Å². The molecule has 33 atom stereocenters. The van der Waals surface area contributed by atoms with Gasteiger partial charge in [-0.15, -0.1) is 0 Å². The first kappa shape index (κ1) is 87.0. The molecule has 22 N–H and O–H groups in total. The fourth-order valence-corrected chi connectivity index (χ4v) is 16.9. The number of carbonyl (C=O) groups is 5. The predicted molar refractivity (Wildman–Crippen MR) is 351 cm³/mol. The van der Waals surface area contributed by atoms with Gasteiger partial charge >= 0.3 is 29.8 Å². The van der Waals surface area contributed by atoms with Crippen molar-refractivity contribution in [2.24, 2.45) is 29.6 Å². The van der Waals surface area contributed by atoms with Gasteiger partial charge in [-0.2, -0.15) is 0 Å². The number of aliphatic hydroxyl groups excluding tert-OH is 20. The third-order valence-electron chi connectivity index (χ3n) is 23.6. The highest BCUT2D eigenvalue weighted by Gasteiger charge is 2.59. The van der Waals surface area contributed by atoms with E-state index in [1.165, 1.54) is 0 Å². The maximum Gasteiger partial charge on any atom is 0.317 e. The number of carbonyl (C=O) groups excluding carboxylic acids is 4. The van der Waals surface area contributed by atoms with Gasteiger partial charge < -0.3 is 178 Å². The van der Waals surface area contributed by atoms with E-state index in [1.807, 2.05) is 0 Å². The van der Waals surface area contributed by atoms with Crippen LogP contribution >= 0.6 is 0 Å². The normalized spacial score (nSPS) is 48.2. The molecule has 630 valence electrons. The van der Waals surface area contributed by atoms with Crippen LogP contribution in [0.1, 0.15) is 116 Å². The minimum Gasteiger partial charge on any atom is -0.481 e. The number of aliphatic carboxylic acids is 1. The van der Waals surface area contributed by atoms with Crippen LogP contribution in [0.3, 0.4) is 0 Å². The van der Waals surface area contributed by atoms with Crippen molar-refractivity contribution in [3.05, 3.63) is 0 Å². The van der Waals surface area contributed by atoms with Gasteiger partial charge in [0.25, 0.3) is 0 Å². The molecule has 6 heterocycles. The number of fused-ring (bicyclic) bond motifs is 1. The van der Waals surface area contributed by atoms with Crippen LogP contribution in [0.4, 0.5) is 0 Å². The van der Waals surface area contributed by atoms with E-state index < -0.39 is 320 Å². The zero-order chi connectivity index (χ0) is 79.4. The van der Waals surface area contributed by atoms with Crippen molar-refractivity contribution in [2.45, 2.75) is 336 Å². The Morgan fingerprint density at radius 2 is 0.718 bits per heavy atom. The van der Waals surface area contributed by atoms with Crippen molar-refractivity contribution in [3.8, 4) is 0 Å². The molecule has 0 amide bonds. The molecule has 41 heteroatoms. The van der Waals surface area contributed by atoms with E-state index in [2.05, 4.69) is 0 Å². The summed E-state index contributed by atoms with van der Waals surface area (Å²) in [6.45, 7) is -3.43. The van der Waals surface area contributed by atoms with Crippen LogP contribution in [0.25, 0.3) is 0 Å². The molecular weight excluding hydrogens is 1480 g/mol. The molecule has 11 rings (SSSR count). The second kappa shape index (κ2) is 38.5. The minimum absolute atomic E-state index is 0.104. The van der Waals surface area contributed by atoms with Crippen LogP contribution < -0.4 is 0 Å². The highest BCUT2D eigenvalue weighted by atomic mass is 16.8. The lowest BCUT2D eigenvalue weighted by molar-refractivity contribution is -0.380. The summed E-state index contributed by atoms with van der Waals surface area (Å²) in [4.78, 5) is 63.6. The van der Waals surface area contributed by atoms with E-state index in [9.17, 15) is 126 Å². The fourth-order valence-electron chi connectivity index (χ4n) is 16.9. The smallest absolute Gasteiger partial charge is 0.317 e.